The first-order valence-electron chi connectivity index (χ1n) is 17.2. The molecule has 7 rings (SSSR count). The third-order valence-electron chi connectivity index (χ3n) is 10.2. The number of halogens is 1. The van der Waals surface area contributed by atoms with Gasteiger partial charge in [0.15, 0.2) is 5.60 Å². The molecule has 0 bridgehead atoms. The number of nitrogens with zero attached hydrogens (tertiary/aromatic N) is 4. The Bertz CT molecular complexity index is 2030. The Morgan fingerprint density at radius 1 is 0.980 bits per heavy atom. The van der Waals surface area contributed by atoms with Crippen LogP contribution in [-0.4, -0.2) is 51.2 Å². The van der Waals surface area contributed by atoms with Gasteiger partial charge in [-0.15, -0.1) is 0 Å². The number of rotatable bonds is 9. The van der Waals surface area contributed by atoms with E-state index < -0.39 is 17.4 Å². The molecule has 0 spiro atoms. The highest BCUT2D eigenvalue weighted by Gasteiger charge is 2.52. The molecule has 0 saturated heterocycles. The zero-order valence-corrected chi connectivity index (χ0v) is 29.9. The van der Waals surface area contributed by atoms with Crippen LogP contribution in [0, 0.1) is 5.92 Å². The van der Waals surface area contributed by atoms with E-state index in [2.05, 4.69) is 21.0 Å². The van der Waals surface area contributed by atoms with Crippen molar-refractivity contribution in [3.05, 3.63) is 142 Å². The molecule has 2 N–H and O–H groups in total. The van der Waals surface area contributed by atoms with Gasteiger partial charge in [0.05, 0.1) is 36.3 Å². The summed E-state index contributed by atoms with van der Waals surface area (Å²) in [7, 11) is 0. The molecule has 4 aromatic carbocycles. The molecule has 51 heavy (non-hydrogen) atoms. The molecule has 3 amide bonds. The Balaban J connectivity index is 1.07. The van der Waals surface area contributed by atoms with Crippen LogP contribution in [0.2, 0.25) is 0 Å². The Kier molecular flexibility index (Phi) is 9.74. The van der Waals surface area contributed by atoms with E-state index in [-0.39, 0.29) is 37.4 Å². The van der Waals surface area contributed by atoms with Gasteiger partial charge in [-0.3, -0.25) is 14.4 Å². The summed E-state index contributed by atoms with van der Waals surface area (Å²) in [6.45, 7) is 2.28. The van der Waals surface area contributed by atoms with Gasteiger partial charge in [0.1, 0.15) is 0 Å². The maximum atomic E-state index is 14.2. The number of anilines is 2. The van der Waals surface area contributed by atoms with Crippen LogP contribution in [0.4, 0.5) is 11.4 Å². The molecular formula is C41H39BrN4O5. The average molecular weight is 748 g/mol. The maximum absolute atomic E-state index is 14.2. The number of hydrogen-bond donors (Lipinski definition) is 2. The fourth-order valence-electron chi connectivity index (χ4n) is 7.27. The van der Waals surface area contributed by atoms with Gasteiger partial charge in [0.25, 0.3) is 5.91 Å². The van der Waals surface area contributed by atoms with Gasteiger partial charge < -0.3 is 20.0 Å². The number of amides is 3. The molecule has 0 radical (unpaired) electrons. The van der Waals surface area contributed by atoms with E-state index in [1.165, 1.54) is 5.01 Å². The highest BCUT2D eigenvalue weighted by atomic mass is 79.9. The topological polar surface area (TPSA) is 114 Å². The monoisotopic (exact) mass is 746 g/mol. The Morgan fingerprint density at radius 3 is 2.45 bits per heavy atom. The zero-order valence-electron chi connectivity index (χ0n) is 28.3. The Labute approximate surface area is 305 Å². The number of carbonyl (C=O) groups is 3. The van der Waals surface area contributed by atoms with Crippen LogP contribution in [0.25, 0.3) is 0 Å². The zero-order chi connectivity index (χ0) is 35.7. The molecule has 10 heteroatoms. The molecule has 260 valence electrons. The Hall–Kier alpha value is -4.90. The van der Waals surface area contributed by atoms with Gasteiger partial charge in [-0.1, -0.05) is 102 Å². The van der Waals surface area contributed by atoms with Crippen LogP contribution in [0.5, 0.6) is 0 Å². The number of fused-ring (bicyclic) bond motifs is 2. The third kappa shape index (κ3) is 6.67. The lowest BCUT2D eigenvalue weighted by molar-refractivity contribution is -0.139. The normalized spacial score (nSPS) is 20.7. The smallest absolute Gasteiger partial charge is 0.264 e. The van der Waals surface area contributed by atoms with Crippen molar-refractivity contribution in [3.63, 3.8) is 0 Å². The van der Waals surface area contributed by atoms with Gasteiger partial charge in [0, 0.05) is 41.8 Å². The second-order valence-corrected chi connectivity index (χ2v) is 14.3. The fourth-order valence-corrected chi connectivity index (χ4v) is 7.63. The van der Waals surface area contributed by atoms with Crippen LogP contribution >= 0.6 is 15.9 Å². The van der Waals surface area contributed by atoms with E-state index in [4.69, 9.17) is 0 Å². The predicted octanol–water partition coefficient (Wildman–Crippen LogP) is 6.24. The first-order chi connectivity index (χ1) is 24.7. The second-order valence-electron chi connectivity index (χ2n) is 13.4. The molecule has 3 atom stereocenters. The summed E-state index contributed by atoms with van der Waals surface area (Å²) < 4.78 is 0.729. The van der Waals surface area contributed by atoms with Crippen molar-refractivity contribution < 1.29 is 24.6 Å². The average Bonchev–Trinajstić information content (AvgIpc) is 3.36. The number of benzene rings is 4. The second kappa shape index (κ2) is 14.4. The fraction of sp³-hybridized carbons (Fsp3) is 0.268. The molecular weight excluding hydrogens is 708 g/mol. The molecule has 0 aromatic heterocycles. The lowest BCUT2D eigenvalue weighted by Gasteiger charge is -2.36. The maximum Gasteiger partial charge on any atom is 0.264 e. The molecule has 0 fully saturated rings. The predicted molar refractivity (Wildman–Crippen MR) is 200 cm³/mol. The van der Waals surface area contributed by atoms with Crippen molar-refractivity contribution in [3.8, 4) is 0 Å². The minimum Gasteiger partial charge on any atom is -0.394 e. The minimum absolute atomic E-state index is 0.0745. The summed E-state index contributed by atoms with van der Waals surface area (Å²) in [5.74, 6) is -1.33. The molecule has 3 aliphatic rings. The minimum atomic E-state index is -1.86. The largest absolute Gasteiger partial charge is 0.394 e. The van der Waals surface area contributed by atoms with Crippen LogP contribution < -0.4 is 9.91 Å². The summed E-state index contributed by atoms with van der Waals surface area (Å²) in [6, 6.07) is 30.3. The molecule has 9 nitrogen and oxygen atoms in total. The van der Waals surface area contributed by atoms with Gasteiger partial charge in [-0.05, 0) is 59.0 Å². The van der Waals surface area contributed by atoms with Crippen LogP contribution in [-0.2, 0) is 39.5 Å². The molecule has 0 saturated carbocycles. The van der Waals surface area contributed by atoms with Crippen molar-refractivity contribution in [2.45, 2.75) is 57.3 Å². The highest BCUT2D eigenvalue weighted by molar-refractivity contribution is 9.10. The van der Waals surface area contributed by atoms with Crippen molar-refractivity contribution in [2.75, 3.05) is 16.5 Å². The molecule has 3 heterocycles. The van der Waals surface area contributed by atoms with E-state index in [9.17, 15) is 24.6 Å². The number of hydrazone groups is 1. The lowest BCUT2D eigenvalue weighted by atomic mass is 9.83. The van der Waals surface area contributed by atoms with Crippen molar-refractivity contribution in [2.24, 2.45) is 11.0 Å². The van der Waals surface area contributed by atoms with Crippen LogP contribution in [0.3, 0.4) is 0 Å². The quantitative estimate of drug-likeness (QED) is 0.197. The summed E-state index contributed by atoms with van der Waals surface area (Å²) in [4.78, 5) is 43.6. The van der Waals surface area contributed by atoms with Crippen LogP contribution in [0.1, 0.15) is 54.0 Å². The van der Waals surface area contributed by atoms with E-state index >= 15 is 0 Å². The van der Waals surface area contributed by atoms with Gasteiger partial charge in [-0.25, -0.2) is 5.01 Å². The van der Waals surface area contributed by atoms with Crippen LogP contribution in [0.15, 0.2) is 119 Å². The van der Waals surface area contributed by atoms with E-state index in [1.54, 1.807) is 34.9 Å². The lowest BCUT2D eigenvalue weighted by Crippen LogP contribution is -2.46. The third-order valence-corrected chi connectivity index (χ3v) is 10.6. The van der Waals surface area contributed by atoms with E-state index in [1.807, 2.05) is 91.0 Å². The van der Waals surface area contributed by atoms with Gasteiger partial charge in [0.2, 0.25) is 11.8 Å². The van der Waals surface area contributed by atoms with E-state index in [0.29, 0.717) is 42.7 Å². The number of carbonyl (C=O) groups excluding carboxylic acids is 3. The molecule has 3 aliphatic heterocycles. The summed E-state index contributed by atoms with van der Waals surface area (Å²) in [5, 5.41) is 28.3. The summed E-state index contributed by atoms with van der Waals surface area (Å²) >= 11 is 3.51. The number of hydrogen-bond acceptors (Lipinski definition) is 6. The Morgan fingerprint density at radius 2 is 1.71 bits per heavy atom. The van der Waals surface area contributed by atoms with Gasteiger partial charge >= 0.3 is 0 Å². The number of aliphatic hydroxyl groups excluding tert-OH is 1. The van der Waals surface area contributed by atoms with E-state index in [0.717, 1.165) is 32.4 Å². The summed E-state index contributed by atoms with van der Waals surface area (Å²) in [5.41, 5.74) is 4.72. The van der Waals surface area contributed by atoms with Crippen molar-refractivity contribution in [1.82, 2.24) is 4.90 Å². The molecule has 4 aromatic rings. The standard InChI is InChI=1S/C41H39BrN4O5/c1-27(8-7-13-38(48)44-25-31-12-6-5-11-30(31)22-34(44)26-47)41(51)35-23-32(42)16-20-37(35)45(40(41)50)24-28-14-17-33(18-15-28)46-39(49)21-19-36(43-46)29-9-3-2-4-10-29/h2-12,14-18,20,23,27,34,47,51H,13,19,21-22,24-26H2,1H3/b8-7+/t27-,34+,41+/m1/s1. The number of aliphatic hydroxyl groups is 2. The summed E-state index contributed by atoms with van der Waals surface area (Å²) in [6.07, 6.45) is 5.04. The molecule has 0 aliphatic carbocycles. The SMILES string of the molecule is C[C@H](/C=C/CC(=O)N1Cc2ccccc2C[C@H]1CO)[C@@]1(O)C(=O)N(Cc2ccc(N3N=C(c4ccccc4)CCC3=O)cc2)c2ccc(Br)cc21. The highest BCUT2D eigenvalue weighted by Crippen LogP contribution is 2.47. The van der Waals surface area contributed by atoms with Crippen molar-refractivity contribution in [1.29, 1.82) is 0 Å². The first-order valence-corrected chi connectivity index (χ1v) is 18.0. The van der Waals surface area contributed by atoms with Crippen molar-refractivity contribution >= 4 is 50.7 Å². The first kappa shape index (κ1) is 34.5. The van der Waals surface area contributed by atoms with Gasteiger partial charge in [-0.2, -0.15) is 5.10 Å². The molecule has 0 unspecified atom stereocenters.